The first-order valence-electron chi connectivity index (χ1n) is 7.52. The van der Waals surface area contributed by atoms with Crippen LogP contribution < -0.4 is 0 Å². The van der Waals surface area contributed by atoms with Crippen molar-refractivity contribution in [3.05, 3.63) is 10.6 Å². The van der Waals surface area contributed by atoms with Crippen LogP contribution in [0.5, 0.6) is 0 Å². The summed E-state index contributed by atoms with van der Waals surface area (Å²) in [6.07, 6.45) is 5.93. The van der Waals surface area contributed by atoms with Gasteiger partial charge in [-0.1, -0.05) is 4.49 Å². The third kappa shape index (κ3) is 1.89. The first-order valence-corrected chi connectivity index (χ1v) is 8.30. The molecule has 1 aliphatic carbocycles. The van der Waals surface area contributed by atoms with Crippen LogP contribution in [0.1, 0.15) is 53.4 Å². The summed E-state index contributed by atoms with van der Waals surface area (Å²) < 4.78 is 4.02. The van der Waals surface area contributed by atoms with E-state index in [1.54, 1.807) is 0 Å². The minimum Gasteiger partial charge on any atom is -0.335 e. The molecule has 1 atom stereocenters. The quantitative estimate of drug-likeness (QED) is 0.833. The smallest absolute Gasteiger partial charge is 0.275 e. The molecule has 6 heteroatoms. The van der Waals surface area contributed by atoms with Gasteiger partial charge < -0.3 is 4.90 Å². The molecule has 0 radical (unpaired) electrons. The van der Waals surface area contributed by atoms with Gasteiger partial charge in [-0.3, -0.25) is 9.69 Å². The Hall–Kier alpha value is -1.01. The Kier molecular flexibility index (Phi) is 2.86. The van der Waals surface area contributed by atoms with E-state index in [2.05, 4.69) is 21.5 Å². The summed E-state index contributed by atoms with van der Waals surface area (Å²) >= 11 is 1.41. The van der Waals surface area contributed by atoms with Gasteiger partial charge in [-0.05, 0) is 56.6 Å². The molecule has 108 valence electrons. The molecule has 1 amide bonds. The molecule has 2 saturated heterocycles. The molecule has 0 N–H and O–H groups in total. The Morgan fingerprint density at radius 3 is 2.85 bits per heavy atom. The number of nitrogens with zero attached hydrogens (tertiary/aromatic N) is 4. The van der Waals surface area contributed by atoms with Gasteiger partial charge in [-0.15, -0.1) is 5.10 Å². The van der Waals surface area contributed by atoms with E-state index in [9.17, 15) is 4.79 Å². The van der Waals surface area contributed by atoms with Crippen LogP contribution in [0, 0.1) is 0 Å². The highest BCUT2D eigenvalue weighted by Crippen LogP contribution is 2.43. The van der Waals surface area contributed by atoms with E-state index in [0.29, 0.717) is 11.6 Å². The number of hydrogen-bond acceptors (Lipinski definition) is 5. The van der Waals surface area contributed by atoms with Crippen LogP contribution in [0.15, 0.2) is 0 Å². The van der Waals surface area contributed by atoms with Gasteiger partial charge in [0.05, 0.1) is 4.88 Å². The number of piperidine rings is 1. The highest BCUT2D eigenvalue weighted by molar-refractivity contribution is 7.06. The maximum atomic E-state index is 12.8. The predicted octanol–water partition coefficient (Wildman–Crippen LogP) is 1.73. The molecule has 1 aromatic heterocycles. The Morgan fingerprint density at radius 1 is 1.35 bits per heavy atom. The maximum Gasteiger partial charge on any atom is 0.275 e. The van der Waals surface area contributed by atoms with Crippen LogP contribution in [0.25, 0.3) is 0 Å². The fraction of sp³-hybridized carbons (Fsp3) is 0.786. The molecule has 0 unspecified atom stereocenters. The Bertz CT molecular complexity index is 541. The van der Waals surface area contributed by atoms with E-state index in [1.165, 1.54) is 37.2 Å². The Morgan fingerprint density at radius 2 is 2.20 bits per heavy atom. The lowest BCUT2D eigenvalue weighted by molar-refractivity contribution is -0.0410. The average Bonchev–Trinajstić information content (AvgIpc) is 3.22. The van der Waals surface area contributed by atoms with Crippen molar-refractivity contribution < 1.29 is 4.79 Å². The van der Waals surface area contributed by atoms with Crippen molar-refractivity contribution >= 4 is 17.4 Å². The highest BCUT2D eigenvalue weighted by Gasteiger charge is 2.46. The third-order valence-electron chi connectivity index (χ3n) is 5.23. The van der Waals surface area contributed by atoms with Crippen LogP contribution >= 0.6 is 11.5 Å². The van der Waals surface area contributed by atoms with Gasteiger partial charge in [0.25, 0.3) is 5.91 Å². The molecule has 3 heterocycles. The molecule has 2 aliphatic heterocycles. The van der Waals surface area contributed by atoms with Crippen molar-refractivity contribution in [3.63, 3.8) is 0 Å². The van der Waals surface area contributed by atoms with Crippen LogP contribution in [0.3, 0.4) is 0 Å². The lowest BCUT2D eigenvalue weighted by atomic mass is 9.78. The van der Waals surface area contributed by atoms with Crippen LogP contribution in [-0.2, 0) is 0 Å². The molecule has 0 bridgehead atoms. The van der Waals surface area contributed by atoms with Gasteiger partial charge in [-0.2, -0.15) is 0 Å². The molecule has 0 aromatic carbocycles. The monoisotopic (exact) mass is 292 g/mol. The van der Waals surface area contributed by atoms with E-state index >= 15 is 0 Å². The molecule has 1 aromatic rings. The summed E-state index contributed by atoms with van der Waals surface area (Å²) in [7, 11) is 2.18. The number of rotatable bonds is 2. The summed E-state index contributed by atoms with van der Waals surface area (Å²) in [5.41, 5.74) is 0.883. The lowest BCUT2D eigenvalue weighted by Gasteiger charge is -2.55. The van der Waals surface area contributed by atoms with Crippen molar-refractivity contribution in [1.29, 1.82) is 0 Å². The molecule has 4 rings (SSSR count). The summed E-state index contributed by atoms with van der Waals surface area (Å²) in [5.74, 6) is 0.666. The van der Waals surface area contributed by atoms with Crippen LogP contribution in [0.4, 0.5) is 0 Å². The first kappa shape index (κ1) is 12.7. The van der Waals surface area contributed by atoms with E-state index in [0.717, 1.165) is 30.9 Å². The van der Waals surface area contributed by atoms with Crippen molar-refractivity contribution in [1.82, 2.24) is 19.4 Å². The van der Waals surface area contributed by atoms with E-state index in [4.69, 9.17) is 0 Å². The molecule has 1 spiro atoms. The lowest BCUT2D eigenvalue weighted by Crippen LogP contribution is -2.66. The fourth-order valence-electron chi connectivity index (χ4n) is 3.56. The second-order valence-corrected chi connectivity index (χ2v) is 7.27. The summed E-state index contributed by atoms with van der Waals surface area (Å²) in [4.78, 5) is 18.3. The van der Waals surface area contributed by atoms with Crippen molar-refractivity contribution in [3.8, 4) is 0 Å². The molecular weight excluding hydrogens is 272 g/mol. The zero-order chi connectivity index (χ0) is 13.7. The van der Waals surface area contributed by atoms with Gasteiger partial charge in [0.2, 0.25) is 0 Å². The Balaban J connectivity index is 1.54. The predicted molar refractivity (Wildman–Crippen MR) is 77.0 cm³/mol. The Labute approximate surface area is 123 Å². The number of likely N-dealkylation sites (tertiary alicyclic amines) is 2. The largest absolute Gasteiger partial charge is 0.335 e. The molecule has 20 heavy (non-hydrogen) atoms. The zero-order valence-corrected chi connectivity index (χ0v) is 12.7. The summed E-state index contributed by atoms with van der Waals surface area (Å²) in [6.45, 7) is 2.90. The number of hydrogen-bond donors (Lipinski definition) is 0. The highest BCUT2D eigenvalue weighted by atomic mass is 32.1. The normalized spacial score (nSPS) is 30.6. The molecule has 5 nitrogen and oxygen atoms in total. The number of carbonyl (C=O) groups is 1. The third-order valence-corrected chi connectivity index (χ3v) is 6.12. The average molecular weight is 292 g/mol. The van der Waals surface area contributed by atoms with Crippen LogP contribution in [-0.4, -0.2) is 57.5 Å². The van der Waals surface area contributed by atoms with Gasteiger partial charge in [0, 0.05) is 25.2 Å². The van der Waals surface area contributed by atoms with Gasteiger partial charge in [-0.25, -0.2) is 0 Å². The van der Waals surface area contributed by atoms with Crippen LogP contribution in [0.2, 0.25) is 0 Å². The van der Waals surface area contributed by atoms with E-state index in [-0.39, 0.29) is 11.4 Å². The number of aromatic nitrogens is 2. The minimum atomic E-state index is 0.111. The minimum absolute atomic E-state index is 0.111. The molecule has 3 aliphatic rings. The maximum absolute atomic E-state index is 12.8. The topological polar surface area (TPSA) is 49.3 Å². The van der Waals surface area contributed by atoms with Crippen molar-refractivity contribution in [2.75, 3.05) is 26.7 Å². The standard InChI is InChI=1S/C14H20N4OS/c1-17-8-6-14(17)5-2-7-18(9-14)13(19)11-12(10-3-4-10)20-16-15-11/h10H,2-9H2,1H3/t14-/m0/s1. The molecular formula is C14H20N4OS. The van der Waals surface area contributed by atoms with Gasteiger partial charge in [0.15, 0.2) is 5.69 Å². The summed E-state index contributed by atoms with van der Waals surface area (Å²) in [5, 5.41) is 4.13. The summed E-state index contributed by atoms with van der Waals surface area (Å²) in [6, 6.07) is 0. The number of likely N-dealkylation sites (N-methyl/N-ethyl adjacent to an activating group) is 1. The zero-order valence-electron chi connectivity index (χ0n) is 11.8. The van der Waals surface area contributed by atoms with E-state index in [1.807, 2.05) is 4.90 Å². The van der Waals surface area contributed by atoms with Crippen molar-refractivity contribution in [2.24, 2.45) is 0 Å². The number of amides is 1. The fourth-order valence-corrected chi connectivity index (χ4v) is 4.37. The SMILES string of the molecule is CN1CC[C@]12CCCN(C(=O)c1nnsc1C1CC1)C2. The second kappa shape index (κ2) is 4.49. The second-order valence-electron chi connectivity index (χ2n) is 6.49. The van der Waals surface area contributed by atoms with Crippen molar-refractivity contribution in [2.45, 2.75) is 43.6 Å². The van der Waals surface area contributed by atoms with E-state index < -0.39 is 0 Å². The first-order chi connectivity index (χ1) is 9.70. The van der Waals surface area contributed by atoms with Gasteiger partial charge >= 0.3 is 0 Å². The number of carbonyl (C=O) groups excluding carboxylic acids is 1. The van der Waals surface area contributed by atoms with Gasteiger partial charge in [0.1, 0.15) is 0 Å². The molecule has 3 fully saturated rings. The molecule has 1 saturated carbocycles.